The summed E-state index contributed by atoms with van der Waals surface area (Å²) in [5, 5.41) is 9.26. The molecule has 35 heavy (non-hydrogen) atoms. The Kier molecular flexibility index (Phi) is 7.23. The highest BCUT2D eigenvalue weighted by atomic mass is 35.5. The summed E-state index contributed by atoms with van der Waals surface area (Å²) in [5.41, 5.74) is 0.0638. The van der Waals surface area contributed by atoms with Gasteiger partial charge in [-0.05, 0) is 68.3 Å². The quantitative estimate of drug-likeness (QED) is 0.221. The van der Waals surface area contributed by atoms with Crippen LogP contribution in [0.25, 0.3) is 11.6 Å². The zero-order chi connectivity index (χ0) is 24.1. The van der Waals surface area contributed by atoms with Gasteiger partial charge in [-0.25, -0.2) is 9.37 Å². The smallest absolute Gasteiger partial charge is 0.416 e. The highest BCUT2D eigenvalue weighted by Gasteiger charge is 2.59. The van der Waals surface area contributed by atoms with Gasteiger partial charge in [0.25, 0.3) is 0 Å². The largest absolute Gasteiger partial charge is 0.440 e. The number of alkyl halides is 3. The lowest BCUT2D eigenvalue weighted by atomic mass is 9.94. The molecule has 5 rings (SSSR count). The SMILES string of the molecule is Cc1ncoc1-c1nnc(SCCCN2CC[C@]3(C[C@@H]3c3ccc(F)cc3C(F)(F)F)C2)n1C.Cl. The maximum Gasteiger partial charge on any atom is 0.416 e. The van der Waals surface area contributed by atoms with Gasteiger partial charge in [0.1, 0.15) is 5.82 Å². The van der Waals surface area contributed by atoms with Crippen LogP contribution in [0.3, 0.4) is 0 Å². The van der Waals surface area contributed by atoms with E-state index in [2.05, 4.69) is 20.1 Å². The molecule has 1 aliphatic carbocycles. The topological polar surface area (TPSA) is 60.0 Å². The first-order valence-electron chi connectivity index (χ1n) is 11.2. The summed E-state index contributed by atoms with van der Waals surface area (Å²) in [6, 6.07) is 3.10. The Bertz CT molecular complexity index is 1200. The second-order valence-corrected chi connectivity index (χ2v) is 10.3. The first-order valence-corrected chi connectivity index (χ1v) is 12.2. The van der Waals surface area contributed by atoms with Gasteiger partial charge in [0.05, 0.1) is 11.3 Å². The molecule has 1 aliphatic heterocycles. The van der Waals surface area contributed by atoms with Crippen LogP contribution in [0, 0.1) is 18.2 Å². The fourth-order valence-electron chi connectivity index (χ4n) is 5.10. The second-order valence-electron chi connectivity index (χ2n) is 9.21. The van der Waals surface area contributed by atoms with Crippen molar-refractivity contribution >= 4 is 24.2 Å². The van der Waals surface area contributed by atoms with Crippen LogP contribution in [0.1, 0.15) is 42.0 Å². The van der Waals surface area contributed by atoms with E-state index in [1.807, 2.05) is 18.5 Å². The van der Waals surface area contributed by atoms with Gasteiger partial charge in [-0.1, -0.05) is 17.8 Å². The summed E-state index contributed by atoms with van der Waals surface area (Å²) in [7, 11) is 1.89. The monoisotopic (exact) mass is 531 g/mol. The molecule has 3 heterocycles. The van der Waals surface area contributed by atoms with Crippen molar-refractivity contribution in [2.45, 2.75) is 43.4 Å². The number of benzene rings is 1. The Labute approximate surface area is 210 Å². The van der Waals surface area contributed by atoms with E-state index >= 15 is 0 Å². The Morgan fingerprint density at radius 3 is 2.77 bits per heavy atom. The van der Waals surface area contributed by atoms with Crippen LogP contribution >= 0.6 is 24.2 Å². The van der Waals surface area contributed by atoms with E-state index in [1.165, 1.54) is 12.5 Å². The van der Waals surface area contributed by atoms with Gasteiger partial charge in [0.2, 0.25) is 5.82 Å². The average molecular weight is 532 g/mol. The molecular weight excluding hydrogens is 506 g/mol. The lowest BCUT2D eigenvalue weighted by Crippen LogP contribution is -2.23. The van der Waals surface area contributed by atoms with Crippen LogP contribution in [-0.2, 0) is 13.2 Å². The molecule has 6 nitrogen and oxygen atoms in total. The van der Waals surface area contributed by atoms with Crippen molar-refractivity contribution < 1.29 is 22.0 Å². The third-order valence-electron chi connectivity index (χ3n) is 6.98. The van der Waals surface area contributed by atoms with Gasteiger partial charge in [-0.2, -0.15) is 13.2 Å². The van der Waals surface area contributed by atoms with E-state index in [1.54, 1.807) is 11.8 Å². The van der Waals surface area contributed by atoms with Crippen molar-refractivity contribution in [3.63, 3.8) is 0 Å². The van der Waals surface area contributed by atoms with E-state index in [9.17, 15) is 17.6 Å². The molecule has 2 fully saturated rings. The molecule has 0 N–H and O–H groups in total. The van der Waals surface area contributed by atoms with Gasteiger partial charge in [0.15, 0.2) is 17.3 Å². The molecule has 2 aliphatic rings. The Morgan fingerprint density at radius 2 is 2.06 bits per heavy atom. The molecule has 190 valence electrons. The highest BCUT2D eigenvalue weighted by Crippen LogP contribution is 2.65. The predicted molar refractivity (Wildman–Crippen MR) is 126 cm³/mol. The Morgan fingerprint density at radius 1 is 1.26 bits per heavy atom. The molecule has 1 saturated carbocycles. The molecular formula is C23H26ClF4N5OS. The molecule has 12 heteroatoms. The number of rotatable bonds is 7. The fourth-order valence-corrected chi connectivity index (χ4v) is 5.93. The van der Waals surface area contributed by atoms with Gasteiger partial charge in [-0.3, -0.25) is 0 Å². The number of likely N-dealkylation sites (tertiary alicyclic amines) is 1. The first kappa shape index (κ1) is 26.0. The Balaban J connectivity index is 0.00000289. The fraction of sp³-hybridized carbons (Fsp3) is 0.522. The number of halogens is 5. The van der Waals surface area contributed by atoms with Crippen molar-refractivity contribution in [1.29, 1.82) is 0 Å². The van der Waals surface area contributed by atoms with Crippen LogP contribution in [0.5, 0.6) is 0 Å². The molecule has 0 bridgehead atoms. The van der Waals surface area contributed by atoms with Gasteiger partial charge in [0, 0.05) is 19.3 Å². The maximum absolute atomic E-state index is 13.5. The molecule has 1 saturated heterocycles. The zero-order valence-corrected chi connectivity index (χ0v) is 20.9. The van der Waals surface area contributed by atoms with Gasteiger partial charge in [-0.15, -0.1) is 22.6 Å². The van der Waals surface area contributed by atoms with E-state index < -0.39 is 17.6 Å². The number of hydrogen-bond acceptors (Lipinski definition) is 6. The molecule has 0 unspecified atom stereocenters. The maximum atomic E-state index is 13.5. The molecule has 1 aromatic carbocycles. The van der Waals surface area contributed by atoms with Crippen molar-refractivity contribution in [2.75, 3.05) is 25.4 Å². The van der Waals surface area contributed by atoms with Crippen molar-refractivity contribution in [2.24, 2.45) is 12.5 Å². The molecule has 2 atom stereocenters. The molecule has 2 aromatic heterocycles. The third-order valence-corrected chi connectivity index (χ3v) is 8.09. The predicted octanol–water partition coefficient (Wildman–Crippen LogP) is 5.72. The van der Waals surface area contributed by atoms with Crippen molar-refractivity contribution in [3.8, 4) is 11.6 Å². The van der Waals surface area contributed by atoms with E-state index in [4.69, 9.17) is 4.42 Å². The summed E-state index contributed by atoms with van der Waals surface area (Å²) < 4.78 is 61.1. The Hall–Kier alpha value is -2.11. The summed E-state index contributed by atoms with van der Waals surface area (Å²) in [5.74, 6) is 1.10. The minimum absolute atomic E-state index is 0. The number of thioether (sulfide) groups is 1. The first-order chi connectivity index (χ1) is 16.2. The summed E-state index contributed by atoms with van der Waals surface area (Å²) in [4.78, 5) is 6.42. The van der Waals surface area contributed by atoms with E-state index in [-0.39, 0.29) is 29.3 Å². The standard InChI is InChI=1S/C23H25F4N5OS.ClH/c1-14-19(33-13-28-14)20-29-30-21(31(20)2)34-9-3-7-32-8-6-22(12-32)11-18(22)16-5-4-15(24)10-17(16)23(25,26)27;/h4-5,10,13,18H,3,6-9,11-12H2,1-2H3;1H/t18-,22+;/m1./s1. The molecule has 3 aromatic rings. The van der Waals surface area contributed by atoms with Crippen LogP contribution in [-0.4, -0.2) is 50.0 Å². The highest BCUT2D eigenvalue weighted by molar-refractivity contribution is 7.99. The lowest BCUT2D eigenvalue weighted by Gasteiger charge is -2.17. The number of oxazole rings is 1. The number of aromatic nitrogens is 4. The third kappa shape index (κ3) is 5.08. The summed E-state index contributed by atoms with van der Waals surface area (Å²) in [6.07, 6.45) is -0.611. The van der Waals surface area contributed by atoms with Crippen LogP contribution in [0.2, 0.25) is 0 Å². The summed E-state index contributed by atoms with van der Waals surface area (Å²) in [6.45, 7) is 4.40. The number of nitrogens with zero attached hydrogens (tertiary/aromatic N) is 5. The minimum Gasteiger partial charge on any atom is -0.440 e. The van der Waals surface area contributed by atoms with Crippen molar-refractivity contribution in [1.82, 2.24) is 24.6 Å². The van der Waals surface area contributed by atoms with Gasteiger partial charge < -0.3 is 13.9 Å². The lowest BCUT2D eigenvalue weighted by molar-refractivity contribution is -0.138. The zero-order valence-electron chi connectivity index (χ0n) is 19.3. The minimum atomic E-state index is -4.54. The molecule has 0 amide bonds. The normalized spacial score (nSPS) is 22.1. The average Bonchev–Trinajstić information content (AvgIpc) is 3.07. The molecule has 0 radical (unpaired) electrons. The second kappa shape index (κ2) is 9.74. The van der Waals surface area contributed by atoms with Gasteiger partial charge >= 0.3 is 6.18 Å². The van der Waals surface area contributed by atoms with E-state index in [0.29, 0.717) is 17.7 Å². The van der Waals surface area contributed by atoms with Crippen LogP contribution < -0.4 is 0 Å². The van der Waals surface area contributed by atoms with E-state index in [0.717, 1.165) is 61.6 Å². The molecule has 1 spiro atoms. The van der Waals surface area contributed by atoms with Crippen LogP contribution in [0.4, 0.5) is 17.6 Å². The number of hydrogen-bond donors (Lipinski definition) is 0. The summed E-state index contributed by atoms with van der Waals surface area (Å²) >= 11 is 1.61. The van der Waals surface area contributed by atoms with Crippen LogP contribution in [0.15, 0.2) is 34.2 Å². The number of aryl methyl sites for hydroxylation is 1. The van der Waals surface area contributed by atoms with Crippen molar-refractivity contribution in [3.05, 3.63) is 47.2 Å².